The fraction of sp³-hybridized carbons (Fsp3) is 0.444. The van der Waals surface area contributed by atoms with E-state index in [9.17, 15) is 0 Å². The molecule has 0 aromatic carbocycles. The van der Waals surface area contributed by atoms with Gasteiger partial charge in [-0.25, -0.2) is 4.98 Å². The first-order valence-electron chi connectivity index (χ1n) is 4.24. The molecule has 1 heterocycles. The van der Waals surface area contributed by atoms with Crippen LogP contribution in [0.5, 0.6) is 0 Å². The maximum absolute atomic E-state index is 4.18. The molecule has 0 spiro atoms. The van der Waals surface area contributed by atoms with E-state index in [4.69, 9.17) is 0 Å². The van der Waals surface area contributed by atoms with Gasteiger partial charge in [0.1, 0.15) is 0 Å². The van der Waals surface area contributed by atoms with Crippen LogP contribution >= 0.6 is 0 Å². The average Bonchev–Trinajstić information content (AvgIpc) is 2.52. The zero-order valence-electron chi connectivity index (χ0n) is 7.45. The number of rotatable bonds is 5. The van der Waals surface area contributed by atoms with Gasteiger partial charge in [0, 0.05) is 25.5 Å². The van der Waals surface area contributed by atoms with Gasteiger partial charge < -0.3 is 9.88 Å². The molecule has 3 heteroatoms. The second-order valence-electron chi connectivity index (χ2n) is 2.54. The highest BCUT2D eigenvalue weighted by Crippen LogP contribution is 2.02. The number of nitrogens with one attached hydrogen (secondary N) is 1. The van der Waals surface area contributed by atoms with E-state index in [1.54, 1.807) is 6.20 Å². The van der Waals surface area contributed by atoms with E-state index < -0.39 is 0 Å². The van der Waals surface area contributed by atoms with Gasteiger partial charge in [0.2, 0.25) is 5.95 Å². The van der Waals surface area contributed by atoms with Crippen LogP contribution in [0.3, 0.4) is 0 Å². The van der Waals surface area contributed by atoms with Gasteiger partial charge in [-0.1, -0.05) is 6.08 Å². The van der Waals surface area contributed by atoms with Crippen molar-refractivity contribution >= 4 is 5.95 Å². The summed E-state index contributed by atoms with van der Waals surface area (Å²) in [5, 5.41) is 3.23. The molecule has 0 radical (unpaired) electrons. The summed E-state index contributed by atoms with van der Waals surface area (Å²) in [6.07, 6.45) is 6.64. The van der Waals surface area contributed by atoms with Crippen LogP contribution in [0.4, 0.5) is 5.95 Å². The Hall–Kier alpha value is -1.25. The number of anilines is 1. The van der Waals surface area contributed by atoms with Gasteiger partial charge in [0.15, 0.2) is 0 Å². The number of imidazole rings is 1. The molecule has 0 aliphatic heterocycles. The van der Waals surface area contributed by atoms with Gasteiger partial charge in [0.25, 0.3) is 0 Å². The van der Waals surface area contributed by atoms with Crippen molar-refractivity contribution in [1.29, 1.82) is 0 Å². The molecule has 1 rings (SSSR count). The lowest BCUT2D eigenvalue weighted by atomic mass is 10.4. The van der Waals surface area contributed by atoms with E-state index in [-0.39, 0.29) is 0 Å². The molecule has 0 fully saturated rings. The van der Waals surface area contributed by atoms with Crippen LogP contribution < -0.4 is 5.32 Å². The summed E-state index contributed by atoms with van der Waals surface area (Å²) in [6.45, 7) is 7.61. The topological polar surface area (TPSA) is 29.9 Å². The minimum Gasteiger partial charge on any atom is -0.355 e. The molecule has 3 nitrogen and oxygen atoms in total. The highest BCUT2D eigenvalue weighted by molar-refractivity contribution is 5.25. The minimum absolute atomic E-state index is 0.903. The van der Waals surface area contributed by atoms with Crippen LogP contribution in [-0.2, 0) is 6.54 Å². The van der Waals surface area contributed by atoms with Crippen LogP contribution in [-0.4, -0.2) is 16.1 Å². The molecule has 1 aromatic heterocycles. The van der Waals surface area contributed by atoms with E-state index in [1.165, 1.54) is 0 Å². The average molecular weight is 165 g/mol. The summed E-state index contributed by atoms with van der Waals surface area (Å²) < 4.78 is 2.07. The third-order valence-electron chi connectivity index (χ3n) is 1.69. The van der Waals surface area contributed by atoms with Crippen molar-refractivity contribution < 1.29 is 0 Å². The fourth-order valence-corrected chi connectivity index (χ4v) is 1.02. The van der Waals surface area contributed by atoms with Crippen molar-refractivity contribution in [3.63, 3.8) is 0 Å². The maximum atomic E-state index is 4.18. The normalized spacial score (nSPS) is 9.75. The highest BCUT2D eigenvalue weighted by atomic mass is 15.2. The zero-order chi connectivity index (χ0) is 8.81. The van der Waals surface area contributed by atoms with Crippen molar-refractivity contribution in [3.8, 4) is 0 Å². The summed E-state index contributed by atoms with van der Waals surface area (Å²) >= 11 is 0. The number of aromatic nitrogens is 2. The van der Waals surface area contributed by atoms with Gasteiger partial charge >= 0.3 is 0 Å². The number of hydrogen-bond acceptors (Lipinski definition) is 2. The SMILES string of the molecule is C=CCCNc1nccn1CC. The number of hydrogen-bond donors (Lipinski definition) is 1. The molecule has 0 saturated carbocycles. The van der Waals surface area contributed by atoms with Crippen molar-refractivity contribution in [2.75, 3.05) is 11.9 Å². The molecule has 0 unspecified atom stereocenters. The minimum atomic E-state index is 0.903. The monoisotopic (exact) mass is 165 g/mol. The van der Waals surface area contributed by atoms with Crippen LogP contribution in [0.15, 0.2) is 25.0 Å². The van der Waals surface area contributed by atoms with Gasteiger partial charge in [0.05, 0.1) is 0 Å². The van der Waals surface area contributed by atoms with Crippen molar-refractivity contribution in [3.05, 3.63) is 25.0 Å². The Labute approximate surface area is 73.1 Å². The predicted molar refractivity (Wildman–Crippen MR) is 51.2 cm³/mol. The standard InChI is InChI=1S/C9H15N3/c1-3-5-6-10-9-11-7-8-12(9)4-2/h3,7-8H,1,4-6H2,2H3,(H,10,11). The van der Waals surface area contributed by atoms with E-state index in [0.717, 1.165) is 25.5 Å². The molecule has 0 bridgehead atoms. The molecule has 0 amide bonds. The van der Waals surface area contributed by atoms with Crippen LogP contribution in [0.25, 0.3) is 0 Å². The van der Waals surface area contributed by atoms with Gasteiger partial charge in [-0.3, -0.25) is 0 Å². The lowest BCUT2D eigenvalue weighted by Crippen LogP contribution is -2.06. The first-order valence-corrected chi connectivity index (χ1v) is 4.24. The molecule has 0 aliphatic rings. The molecule has 1 aromatic rings. The van der Waals surface area contributed by atoms with E-state index in [1.807, 2.05) is 12.3 Å². The Kier molecular flexibility index (Phi) is 3.38. The lowest BCUT2D eigenvalue weighted by Gasteiger charge is -2.05. The summed E-state index contributed by atoms with van der Waals surface area (Å²) in [6, 6.07) is 0. The van der Waals surface area contributed by atoms with Crippen molar-refractivity contribution in [2.45, 2.75) is 19.9 Å². The fourth-order valence-electron chi connectivity index (χ4n) is 1.02. The van der Waals surface area contributed by atoms with E-state index >= 15 is 0 Å². The van der Waals surface area contributed by atoms with E-state index in [2.05, 4.69) is 28.4 Å². The second-order valence-corrected chi connectivity index (χ2v) is 2.54. The lowest BCUT2D eigenvalue weighted by molar-refractivity contribution is 0.763. The molecule has 12 heavy (non-hydrogen) atoms. The van der Waals surface area contributed by atoms with Crippen LogP contribution in [0.2, 0.25) is 0 Å². The van der Waals surface area contributed by atoms with Crippen LogP contribution in [0, 0.1) is 0 Å². The molecule has 0 aliphatic carbocycles. The summed E-state index contributed by atoms with van der Waals surface area (Å²) in [5.74, 6) is 0.944. The summed E-state index contributed by atoms with van der Waals surface area (Å²) in [4.78, 5) is 4.18. The Morgan fingerprint density at radius 2 is 2.58 bits per heavy atom. The smallest absolute Gasteiger partial charge is 0.202 e. The molecular formula is C9H15N3. The Balaban J connectivity index is 2.44. The first-order chi connectivity index (χ1) is 5.88. The largest absolute Gasteiger partial charge is 0.355 e. The molecule has 0 atom stereocenters. The Bertz CT molecular complexity index is 240. The highest BCUT2D eigenvalue weighted by Gasteiger charge is 1.96. The molecule has 0 saturated heterocycles. The van der Waals surface area contributed by atoms with E-state index in [0.29, 0.717) is 0 Å². The Morgan fingerprint density at radius 1 is 1.75 bits per heavy atom. The number of aryl methyl sites for hydroxylation is 1. The van der Waals surface area contributed by atoms with Gasteiger partial charge in [-0.15, -0.1) is 6.58 Å². The third kappa shape index (κ3) is 2.12. The number of nitrogens with zero attached hydrogens (tertiary/aromatic N) is 2. The molecule has 66 valence electrons. The quantitative estimate of drug-likeness (QED) is 0.533. The maximum Gasteiger partial charge on any atom is 0.202 e. The molecular weight excluding hydrogens is 150 g/mol. The molecule has 1 N–H and O–H groups in total. The van der Waals surface area contributed by atoms with Crippen molar-refractivity contribution in [2.24, 2.45) is 0 Å². The third-order valence-corrected chi connectivity index (χ3v) is 1.69. The van der Waals surface area contributed by atoms with Crippen molar-refractivity contribution in [1.82, 2.24) is 9.55 Å². The Morgan fingerprint density at radius 3 is 3.25 bits per heavy atom. The van der Waals surface area contributed by atoms with Crippen LogP contribution in [0.1, 0.15) is 13.3 Å². The summed E-state index contributed by atoms with van der Waals surface area (Å²) in [5.41, 5.74) is 0. The first kappa shape index (κ1) is 8.84. The zero-order valence-corrected chi connectivity index (χ0v) is 7.45. The summed E-state index contributed by atoms with van der Waals surface area (Å²) in [7, 11) is 0. The predicted octanol–water partition coefficient (Wildman–Crippen LogP) is 1.89. The van der Waals surface area contributed by atoms with Gasteiger partial charge in [-0.2, -0.15) is 0 Å². The second kappa shape index (κ2) is 4.59. The van der Waals surface area contributed by atoms with Gasteiger partial charge in [-0.05, 0) is 13.3 Å².